The largest absolute Gasteiger partial charge is 0.289 e. The van der Waals surface area contributed by atoms with Gasteiger partial charge in [0.2, 0.25) is 0 Å². The molecule has 4 nitrogen and oxygen atoms in total. The van der Waals surface area contributed by atoms with Gasteiger partial charge in [-0.15, -0.1) is 11.3 Å². The smallest absolute Gasteiger partial charge is 0.277 e. The number of rotatable bonds is 2. The Morgan fingerprint density at radius 1 is 1.39 bits per heavy atom. The first-order chi connectivity index (χ1) is 8.52. The number of hydrazine groups is 1. The summed E-state index contributed by atoms with van der Waals surface area (Å²) in [6.07, 6.45) is 0. The summed E-state index contributed by atoms with van der Waals surface area (Å²) in [5, 5.41) is 1.63. The van der Waals surface area contributed by atoms with Gasteiger partial charge in [-0.3, -0.25) is 10.2 Å². The lowest BCUT2D eigenvalue weighted by Gasteiger charge is -1.98. The number of nitrogens with zero attached hydrogens (tertiary/aromatic N) is 1. The van der Waals surface area contributed by atoms with E-state index in [2.05, 4.69) is 10.4 Å². The second-order valence-electron chi connectivity index (χ2n) is 3.54. The van der Waals surface area contributed by atoms with Crippen LogP contribution in [-0.4, -0.2) is 10.9 Å². The molecule has 0 saturated carbocycles. The standard InChI is InChI=1S/C11H9Cl2N3OS/c1-5-9(10(17)16-14)18-11(15-5)6-2-3-7(12)8(13)4-6/h2-4H,14H2,1H3,(H,16,17). The van der Waals surface area contributed by atoms with Crippen molar-refractivity contribution in [3.05, 3.63) is 38.8 Å². The van der Waals surface area contributed by atoms with Crippen LogP contribution in [0.1, 0.15) is 15.4 Å². The molecule has 3 N–H and O–H groups in total. The zero-order valence-electron chi connectivity index (χ0n) is 9.33. The lowest BCUT2D eigenvalue weighted by atomic mass is 10.2. The number of nitrogens with two attached hydrogens (primary N) is 1. The number of carbonyl (C=O) groups excluding carboxylic acids is 1. The molecule has 2 rings (SSSR count). The summed E-state index contributed by atoms with van der Waals surface area (Å²) < 4.78 is 0. The average Bonchev–Trinajstić information content (AvgIpc) is 2.74. The van der Waals surface area contributed by atoms with E-state index in [9.17, 15) is 4.79 Å². The van der Waals surface area contributed by atoms with Gasteiger partial charge >= 0.3 is 0 Å². The minimum Gasteiger partial charge on any atom is -0.289 e. The van der Waals surface area contributed by atoms with Gasteiger partial charge in [0.15, 0.2) is 0 Å². The summed E-state index contributed by atoms with van der Waals surface area (Å²) >= 11 is 13.0. The van der Waals surface area contributed by atoms with Crippen LogP contribution < -0.4 is 11.3 Å². The highest BCUT2D eigenvalue weighted by Crippen LogP contribution is 2.32. The third kappa shape index (κ3) is 2.49. The monoisotopic (exact) mass is 301 g/mol. The zero-order valence-corrected chi connectivity index (χ0v) is 11.7. The van der Waals surface area contributed by atoms with Gasteiger partial charge in [-0.25, -0.2) is 10.8 Å². The summed E-state index contributed by atoms with van der Waals surface area (Å²) in [5.74, 6) is 4.76. The molecule has 0 aliphatic heterocycles. The van der Waals surface area contributed by atoms with Crippen molar-refractivity contribution in [2.75, 3.05) is 0 Å². The van der Waals surface area contributed by atoms with E-state index in [-0.39, 0.29) is 5.91 Å². The first-order valence-corrected chi connectivity index (χ1v) is 6.54. The molecule has 0 fully saturated rings. The van der Waals surface area contributed by atoms with Gasteiger partial charge in [0, 0.05) is 5.56 Å². The molecular weight excluding hydrogens is 293 g/mol. The highest BCUT2D eigenvalue weighted by Gasteiger charge is 2.15. The summed E-state index contributed by atoms with van der Waals surface area (Å²) in [5.41, 5.74) is 3.53. The van der Waals surface area contributed by atoms with Crippen molar-refractivity contribution in [1.82, 2.24) is 10.4 Å². The van der Waals surface area contributed by atoms with Gasteiger partial charge in [-0.2, -0.15) is 0 Å². The molecule has 1 amide bonds. The summed E-state index contributed by atoms with van der Waals surface area (Å²) in [6.45, 7) is 1.75. The van der Waals surface area contributed by atoms with Crippen LogP contribution in [0.25, 0.3) is 10.6 Å². The molecule has 94 valence electrons. The van der Waals surface area contributed by atoms with Crippen LogP contribution in [0.15, 0.2) is 18.2 Å². The quantitative estimate of drug-likeness (QED) is 0.509. The molecule has 0 radical (unpaired) electrons. The van der Waals surface area contributed by atoms with E-state index >= 15 is 0 Å². The zero-order chi connectivity index (χ0) is 13.3. The Labute approximate surface area is 118 Å². The summed E-state index contributed by atoms with van der Waals surface area (Å²) in [7, 11) is 0. The molecule has 0 atom stereocenters. The van der Waals surface area contributed by atoms with E-state index < -0.39 is 0 Å². The van der Waals surface area contributed by atoms with Gasteiger partial charge in [0.25, 0.3) is 5.91 Å². The summed E-state index contributed by atoms with van der Waals surface area (Å²) in [4.78, 5) is 16.3. The third-order valence-corrected chi connectivity index (χ3v) is 4.24. The number of halogens is 2. The number of hydrogen-bond donors (Lipinski definition) is 2. The maximum absolute atomic E-state index is 11.5. The number of thiazole rings is 1. The SMILES string of the molecule is Cc1nc(-c2ccc(Cl)c(Cl)c2)sc1C(=O)NN. The number of hydrogen-bond acceptors (Lipinski definition) is 4. The Balaban J connectivity index is 2.45. The number of amides is 1. The molecule has 18 heavy (non-hydrogen) atoms. The van der Waals surface area contributed by atoms with Crippen molar-refractivity contribution in [2.24, 2.45) is 5.84 Å². The number of benzene rings is 1. The van der Waals surface area contributed by atoms with Crippen molar-refractivity contribution in [1.29, 1.82) is 0 Å². The topological polar surface area (TPSA) is 68.0 Å². The molecule has 0 unspecified atom stereocenters. The molecule has 0 spiro atoms. The Morgan fingerprint density at radius 2 is 2.11 bits per heavy atom. The van der Waals surface area contributed by atoms with Gasteiger partial charge in [0.1, 0.15) is 9.88 Å². The van der Waals surface area contributed by atoms with Gasteiger partial charge < -0.3 is 0 Å². The predicted octanol–water partition coefficient (Wildman–Crippen LogP) is 3.03. The fourth-order valence-electron chi connectivity index (χ4n) is 1.43. The molecule has 0 aliphatic carbocycles. The van der Waals surface area contributed by atoms with Crippen LogP contribution in [0.3, 0.4) is 0 Å². The van der Waals surface area contributed by atoms with Crippen molar-refractivity contribution in [3.63, 3.8) is 0 Å². The predicted molar refractivity (Wildman–Crippen MR) is 74.0 cm³/mol. The average molecular weight is 302 g/mol. The van der Waals surface area contributed by atoms with E-state index in [0.29, 0.717) is 25.6 Å². The van der Waals surface area contributed by atoms with Gasteiger partial charge in [-0.05, 0) is 19.1 Å². The fourth-order valence-corrected chi connectivity index (χ4v) is 2.69. The fraction of sp³-hybridized carbons (Fsp3) is 0.0909. The second-order valence-corrected chi connectivity index (χ2v) is 5.35. The third-order valence-electron chi connectivity index (χ3n) is 2.30. The number of aryl methyl sites for hydroxylation is 1. The number of nitrogens with one attached hydrogen (secondary N) is 1. The number of carbonyl (C=O) groups is 1. The van der Waals surface area contributed by atoms with Crippen LogP contribution >= 0.6 is 34.5 Å². The lowest BCUT2D eigenvalue weighted by molar-refractivity contribution is 0.0957. The second kappa shape index (κ2) is 5.24. The van der Waals surface area contributed by atoms with Crippen LogP contribution in [-0.2, 0) is 0 Å². The Bertz CT molecular complexity index is 612. The first-order valence-electron chi connectivity index (χ1n) is 4.96. The molecule has 1 heterocycles. The van der Waals surface area contributed by atoms with E-state index in [0.717, 1.165) is 5.56 Å². The first kappa shape index (κ1) is 13.3. The van der Waals surface area contributed by atoms with Crippen LogP contribution in [0.4, 0.5) is 0 Å². The van der Waals surface area contributed by atoms with Gasteiger partial charge in [-0.1, -0.05) is 29.3 Å². The van der Waals surface area contributed by atoms with Crippen LogP contribution in [0.2, 0.25) is 10.0 Å². The Hall–Kier alpha value is -1.14. The maximum atomic E-state index is 11.5. The number of aromatic nitrogens is 1. The highest BCUT2D eigenvalue weighted by molar-refractivity contribution is 7.17. The maximum Gasteiger partial charge on any atom is 0.277 e. The van der Waals surface area contributed by atoms with Crippen LogP contribution in [0, 0.1) is 6.92 Å². The molecule has 1 aromatic carbocycles. The van der Waals surface area contributed by atoms with Crippen molar-refractivity contribution < 1.29 is 4.79 Å². The minimum absolute atomic E-state index is 0.351. The molecular formula is C11H9Cl2N3OS. The molecule has 0 saturated heterocycles. The van der Waals surface area contributed by atoms with Crippen molar-refractivity contribution >= 4 is 40.4 Å². The Morgan fingerprint density at radius 3 is 2.72 bits per heavy atom. The summed E-state index contributed by atoms with van der Waals surface area (Å²) in [6, 6.07) is 5.21. The molecule has 0 bridgehead atoms. The van der Waals surface area contributed by atoms with E-state index in [1.54, 1.807) is 25.1 Å². The normalized spacial score (nSPS) is 10.4. The van der Waals surface area contributed by atoms with E-state index in [1.807, 2.05) is 0 Å². The van der Waals surface area contributed by atoms with E-state index in [4.69, 9.17) is 29.0 Å². The van der Waals surface area contributed by atoms with Crippen molar-refractivity contribution in [2.45, 2.75) is 6.92 Å². The van der Waals surface area contributed by atoms with Crippen LogP contribution in [0.5, 0.6) is 0 Å². The molecule has 0 aliphatic rings. The number of nitrogen functional groups attached to an aromatic ring is 1. The highest BCUT2D eigenvalue weighted by atomic mass is 35.5. The molecule has 1 aromatic heterocycles. The minimum atomic E-state index is -0.351. The van der Waals surface area contributed by atoms with Gasteiger partial charge in [0.05, 0.1) is 15.7 Å². The van der Waals surface area contributed by atoms with Crippen molar-refractivity contribution in [3.8, 4) is 10.6 Å². The molecule has 2 aromatic rings. The molecule has 7 heteroatoms. The Kier molecular flexibility index (Phi) is 3.87. The lowest BCUT2D eigenvalue weighted by Crippen LogP contribution is -2.29. The van der Waals surface area contributed by atoms with E-state index in [1.165, 1.54) is 11.3 Å².